The summed E-state index contributed by atoms with van der Waals surface area (Å²) in [5, 5.41) is 0.820. The van der Waals surface area contributed by atoms with Crippen LogP contribution in [-0.4, -0.2) is 38.2 Å². The average molecular weight is 351 g/mol. The Balaban J connectivity index is 2.07. The van der Waals surface area contributed by atoms with E-state index < -0.39 is 0 Å². The van der Waals surface area contributed by atoms with Crippen LogP contribution in [0.4, 0.5) is 0 Å². The Morgan fingerprint density at radius 3 is 2.85 bits per heavy atom. The summed E-state index contributed by atoms with van der Waals surface area (Å²) in [6, 6.07) is 5.55. The van der Waals surface area contributed by atoms with Gasteiger partial charge in [-0.1, -0.05) is 0 Å². The van der Waals surface area contributed by atoms with Gasteiger partial charge >= 0.3 is 5.69 Å². The number of ether oxygens (including phenoxy) is 2. The fourth-order valence-electron chi connectivity index (χ4n) is 3.10. The van der Waals surface area contributed by atoms with Crippen molar-refractivity contribution in [3.05, 3.63) is 46.8 Å². The Labute approximate surface area is 148 Å². The van der Waals surface area contributed by atoms with Gasteiger partial charge < -0.3 is 9.47 Å². The molecule has 132 valence electrons. The van der Waals surface area contributed by atoms with Crippen LogP contribution in [0.25, 0.3) is 27.8 Å². The predicted octanol–water partition coefficient (Wildman–Crippen LogP) is 2.37. The number of benzene rings is 1. The van der Waals surface area contributed by atoms with Gasteiger partial charge in [0.05, 0.1) is 24.9 Å². The molecule has 1 N–H and O–H groups in total. The third-order valence-corrected chi connectivity index (χ3v) is 4.18. The number of hydrogen-bond acceptors (Lipinski definition) is 6. The first-order valence-corrected chi connectivity index (χ1v) is 8.16. The molecule has 26 heavy (non-hydrogen) atoms. The summed E-state index contributed by atoms with van der Waals surface area (Å²) in [4.78, 5) is 28.1. The molecule has 1 aromatic carbocycles. The van der Waals surface area contributed by atoms with Gasteiger partial charge in [-0.25, -0.2) is 9.78 Å². The smallest absolute Gasteiger partial charge is 0.332 e. The summed E-state index contributed by atoms with van der Waals surface area (Å²) in [7, 11) is 1.61. The van der Waals surface area contributed by atoms with Gasteiger partial charge in [-0.15, -0.1) is 0 Å². The first-order valence-electron chi connectivity index (χ1n) is 8.16. The Bertz CT molecular complexity index is 1180. The van der Waals surface area contributed by atoms with E-state index in [1.165, 1.54) is 10.9 Å². The predicted molar refractivity (Wildman–Crippen MR) is 97.2 cm³/mol. The molecule has 0 radical (unpaired) electrons. The third kappa shape index (κ3) is 2.38. The van der Waals surface area contributed by atoms with Crippen molar-refractivity contribution in [1.82, 2.24) is 24.5 Å². The molecule has 0 bridgehead atoms. The SMILES string of the molecule is CCOc1ncnc2[nH]c(=O)n(-c3cc(C)c4nccc(OC)c4c3)c12. The Morgan fingerprint density at radius 2 is 2.08 bits per heavy atom. The highest BCUT2D eigenvalue weighted by Gasteiger charge is 2.17. The van der Waals surface area contributed by atoms with Crippen molar-refractivity contribution in [1.29, 1.82) is 0 Å². The standard InChI is InChI=1S/C18H17N5O3/c1-4-26-17-15-16(20-9-21-17)22-18(24)23(15)11-7-10(2)14-12(8-11)13(25-3)5-6-19-14/h5-9H,4H2,1-3H3,(H,20,21,22,24). The zero-order chi connectivity index (χ0) is 18.3. The fraction of sp³-hybridized carbons (Fsp3) is 0.222. The molecule has 0 spiro atoms. The molecule has 3 heterocycles. The van der Waals surface area contributed by atoms with E-state index in [4.69, 9.17) is 9.47 Å². The largest absolute Gasteiger partial charge is 0.496 e. The Kier molecular flexibility index (Phi) is 3.80. The van der Waals surface area contributed by atoms with Crippen molar-refractivity contribution in [2.75, 3.05) is 13.7 Å². The maximum atomic E-state index is 12.6. The molecule has 8 heteroatoms. The molecule has 0 aliphatic heterocycles. The summed E-state index contributed by atoms with van der Waals surface area (Å²) in [6.07, 6.45) is 3.07. The molecule has 8 nitrogen and oxygen atoms in total. The number of aryl methyl sites for hydroxylation is 1. The number of rotatable bonds is 4. The van der Waals surface area contributed by atoms with Gasteiger partial charge in [0, 0.05) is 11.6 Å². The summed E-state index contributed by atoms with van der Waals surface area (Å²) in [5.74, 6) is 1.04. The van der Waals surface area contributed by atoms with E-state index >= 15 is 0 Å². The number of aromatic nitrogens is 5. The van der Waals surface area contributed by atoms with E-state index in [1.54, 1.807) is 19.4 Å². The summed E-state index contributed by atoms with van der Waals surface area (Å²) in [5.41, 5.74) is 3.01. The lowest BCUT2D eigenvalue weighted by Crippen LogP contribution is -2.15. The highest BCUT2D eigenvalue weighted by atomic mass is 16.5. The normalized spacial score (nSPS) is 11.2. The van der Waals surface area contributed by atoms with Crippen LogP contribution in [-0.2, 0) is 0 Å². The van der Waals surface area contributed by atoms with Crippen molar-refractivity contribution in [2.24, 2.45) is 0 Å². The molecule has 4 aromatic rings. The number of nitrogens with one attached hydrogen (secondary N) is 1. The second-order valence-corrected chi connectivity index (χ2v) is 5.75. The van der Waals surface area contributed by atoms with Crippen LogP contribution in [0, 0.1) is 6.92 Å². The minimum atomic E-state index is -0.317. The molecule has 0 amide bonds. The van der Waals surface area contributed by atoms with Crippen LogP contribution in [0.3, 0.4) is 0 Å². The van der Waals surface area contributed by atoms with Gasteiger partial charge in [-0.2, -0.15) is 4.98 Å². The van der Waals surface area contributed by atoms with Crippen molar-refractivity contribution in [3.8, 4) is 17.3 Å². The molecule has 0 atom stereocenters. The number of methoxy groups -OCH3 is 1. The Morgan fingerprint density at radius 1 is 1.23 bits per heavy atom. The molecule has 4 rings (SSSR count). The van der Waals surface area contributed by atoms with Crippen molar-refractivity contribution >= 4 is 22.1 Å². The van der Waals surface area contributed by atoms with Gasteiger partial charge in [0.15, 0.2) is 11.2 Å². The van der Waals surface area contributed by atoms with E-state index in [-0.39, 0.29) is 5.69 Å². The van der Waals surface area contributed by atoms with Crippen molar-refractivity contribution in [2.45, 2.75) is 13.8 Å². The molecule has 3 aromatic heterocycles. The summed E-state index contributed by atoms with van der Waals surface area (Å²) >= 11 is 0. The van der Waals surface area contributed by atoms with E-state index in [2.05, 4.69) is 19.9 Å². The Hall–Kier alpha value is -3.42. The van der Waals surface area contributed by atoms with Crippen LogP contribution in [0.15, 0.2) is 35.5 Å². The van der Waals surface area contributed by atoms with Crippen LogP contribution in [0.2, 0.25) is 0 Å². The van der Waals surface area contributed by atoms with Gasteiger partial charge in [0.1, 0.15) is 12.1 Å². The number of H-pyrrole nitrogens is 1. The van der Waals surface area contributed by atoms with Crippen molar-refractivity contribution < 1.29 is 9.47 Å². The van der Waals surface area contributed by atoms with Gasteiger partial charge in [0.2, 0.25) is 5.88 Å². The lowest BCUT2D eigenvalue weighted by atomic mass is 10.1. The maximum Gasteiger partial charge on any atom is 0.332 e. The second-order valence-electron chi connectivity index (χ2n) is 5.75. The van der Waals surface area contributed by atoms with Crippen LogP contribution in [0.5, 0.6) is 11.6 Å². The minimum absolute atomic E-state index is 0.317. The average Bonchev–Trinajstić information content (AvgIpc) is 2.98. The van der Waals surface area contributed by atoms with Crippen LogP contribution in [0.1, 0.15) is 12.5 Å². The number of fused-ring (bicyclic) bond motifs is 2. The zero-order valence-electron chi connectivity index (χ0n) is 14.6. The van der Waals surface area contributed by atoms with E-state index in [1.807, 2.05) is 26.0 Å². The number of hydrogen-bond donors (Lipinski definition) is 1. The van der Waals surface area contributed by atoms with E-state index in [0.29, 0.717) is 35.1 Å². The summed E-state index contributed by atoms with van der Waals surface area (Å²) < 4.78 is 12.6. The van der Waals surface area contributed by atoms with Crippen molar-refractivity contribution in [3.63, 3.8) is 0 Å². The van der Waals surface area contributed by atoms with Crippen LogP contribution < -0.4 is 15.2 Å². The zero-order valence-corrected chi connectivity index (χ0v) is 14.6. The summed E-state index contributed by atoms with van der Waals surface area (Å²) in [6.45, 7) is 4.23. The number of nitrogens with zero attached hydrogens (tertiary/aromatic N) is 4. The van der Waals surface area contributed by atoms with Gasteiger partial charge in [0.25, 0.3) is 0 Å². The number of imidazole rings is 1. The quantitative estimate of drug-likeness (QED) is 0.606. The molecule has 0 aliphatic rings. The molecule has 0 aliphatic carbocycles. The lowest BCUT2D eigenvalue weighted by Gasteiger charge is -2.11. The molecule has 0 saturated heterocycles. The topological polar surface area (TPSA) is 94.9 Å². The van der Waals surface area contributed by atoms with E-state index in [0.717, 1.165) is 16.5 Å². The molecule has 0 unspecified atom stereocenters. The van der Waals surface area contributed by atoms with Crippen LogP contribution >= 0.6 is 0 Å². The molecular weight excluding hydrogens is 334 g/mol. The van der Waals surface area contributed by atoms with Gasteiger partial charge in [-0.05, 0) is 37.6 Å². The van der Waals surface area contributed by atoms with E-state index in [9.17, 15) is 4.79 Å². The number of aromatic amines is 1. The molecular formula is C18H17N5O3. The maximum absolute atomic E-state index is 12.6. The first-order chi connectivity index (χ1) is 12.6. The number of pyridine rings is 1. The van der Waals surface area contributed by atoms with Gasteiger partial charge in [-0.3, -0.25) is 14.5 Å². The molecule has 0 fully saturated rings. The first kappa shape index (κ1) is 16.1. The monoisotopic (exact) mass is 351 g/mol. The minimum Gasteiger partial charge on any atom is -0.496 e. The highest BCUT2D eigenvalue weighted by molar-refractivity contribution is 5.90. The third-order valence-electron chi connectivity index (χ3n) is 4.18. The molecule has 0 saturated carbocycles. The lowest BCUT2D eigenvalue weighted by molar-refractivity contribution is 0.329. The second kappa shape index (κ2) is 6.14. The highest BCUT2D eigenvalue weighted by Crippen LogP contribution is 2.30. The fourth-order valence-corrected chi connectivity index (χ4v) is 3.10.